The molecular formula is C12H15BrCl2N2O. The predicted octanol–water partition coefficient (Wildman–Crippen LogP) is 3.01. The fraction of sp³-hybridized carbons (Fsp3) is 0.417. The van der Waals surface area contributed by atoms with Gasteiger partial charge < -0.3 is 10.6 Å². The second-order valence-corrected chi connectivity index (χ2v) is 5.46. The van der Waals surface area contributed by atoms with Crippen molar-refractivity contribution in [3.05, 3.63) is 33.3 Å². The van der Waals surface area contributed by atoms with Crippen molar-refractivity contribution in [1.82, 2.24) is 10.6 Å². The SMILES string of the molecule is Cl.O=C(N[C@@H]1CCCNC1)c1cc(Br)ccc1Cl. The summed E-state index contributed by atoms with van der Waals surface area (Å²) in [5.41, 5.74) is 0.520. The van der Waals surface area contributed by atoms with Crippen molar-refractivity contribution in [1.29, 1.82) is 0 Å². The van der Waals surface area contributed by atoms with Gasteiger partial charge in [-0.25, -0.2) is 0 Å². The third-order valence-corrected chi connectivity index (χ3v) is 3.63. The normalized spacial score (nSPS) is 18.9. The molecule has 2 rings (SSSR count). The van der Waals surface area contributed by atoms with E-state index in [0.29, 0.717) is 10.6 Å². The van der Waals surface area contributed by atoms with Crippen molar-refractivity contribution in [2.75, 3.05) is 13.1 Å². The topological polar surface area (TPSA) is 41.1 Å². The lowest BCUT2D eigenvalue weighted by Crippen LogP contribution is -2.45. The van der Waals surface area contributed by atoms with Gasteiger partial charge in [0.25, 0.3) is 5.91 Å². The molecule has 1 aromatic carbocycles. The minimum atomic E-state index is -0.106. The summed E-state index contributed by atoms with van der Waals surface area (Å²) in [5, 5.41) is 6.74. The average Bonchev–Trinajstić information content (AvgIpc) is 2.33. The number of nitrogens with one attached hydrogen (secondary N) is 2. The Balaban J connectivity index is 0.00000162. The molecule has 1 aromatic rings. The largest absolute Gasteiger partial charge is 0.348 e. The number of hydrogen-bond donors (Lipinski definition) is 2. The number of carbonyl (C=O) groups excluding carboxylic acids is 1. The summed E-state index contributed by atoms with van der Waals surface area (Å²) in [7, 11) is 0. The van der Waals surface area contributed by atoms with Gasteiger partial charge in [0.05, 0.1) is 10.6 Å². The van der Waals surface area contributed by atoms with Gasteiger partial charge in [-0.15, -0.1) is 12.4 Å². The smallest absolute Gasteiger partial charge is 0.253 e. The molecule has 3 nitrogen and oxygen atoms in total. The Bertz CT molecular complexity index is 423. The van der Waals surface area contributed by atoms with Gasteiger partial charge in [0.15, 0.2) is 0 Å². The van der Waals surface area contributed by atoms with Crippen LogP contribution in [-0.2, 0) is 0 Å². The van der Waals surface area contributed by atoms with Crippen molar-refractivity contribution < 1.29 is 4.79 Å². The van der Waals surface area contributed by atoms with E-state index in [1.807, 2.05) is 6.07 Å². The quantitative estimate of drug-likeness (QED) is 0.858. The molecule has 1 aliphatic rings. The van der Waals surface area contributed by atoms with Crippen LogP contribution in [0.2, 0.25) is 5.02 Å². The van der Waals surface area contributed by atoms with Crippen molar-refractivity contribution in [3.8, 4) is 0 Å². The molecule has 1 aliphatic heterocycles. The van der Waals surface area contributed by atoms with E-state index in [0.717, 1.165) is 30.4 Å². The molecule has 0 bridgehead atoms. The molecule has 1 heterocycles. The predicted molar refractivity (Wildman–Crippen MR) is 79.8 cm³/mol. The molecule has 1 amide bonds. The Kier molecular flexibility index (Phi) is 6.43. The van der Waals surface area contributed by atoms with Crippen LogP contribution in [-0.4, -0.2) is 25.0 Å². The van der Waals surface area contributed by atoms with Gasteiger partial charge in [-0.05, 0) is 37.6 Å². The highest BCUT2D eigenvalue weighted by atomic mass is 79.9. The maximum absolute atomic E-state index is 12.0. The van der Waals surface area contributed by atoms with Gasteiger partial charge in [0.1, 0.15) is 0 Å². The van der Waals surface area contributed by atoms with E-state index in [1.54, 1.807) is 12.1 Å². The van der Waals surface area contributed by atoms with E-state index in [2.05, 4.69) is 26.6 Å². The van der Waals surface area contributed by atoms with Gasteiger partial charge in [-0.1, -0.05) is 27.5 Å². The van der Waals surface area contributed by atoms with Crippen LogP contribution in [0.4, 0.5) is 0 Å². The van der Waals surface area contributed by atoms with Gasteiger partial charge in [-0.3, -0.25) is 4.79 Å². The summed E-state index contributed by atoms with van der Waals surface area (Å²) >= 11 is 9.35. The average molecular weight is 354 g/mol. The van der Waals surface area contributed by atoms with Gasteiger partial charge in [0.2, 0.25) is 0 Å². The Labute approximate surface area is 126 Å². The highest BCUT2D eigenvalue weighted by Gasteiger charge is 2.18. The molecule has 2 N–H and O–H groups in total. The molecule has 1 saturated heterocycles. The van der Waals surface area contributed by atoms with Gasteiger partial charge in [-0.2, -0.15) is 0 Å². The number of carbonyl (C=O) groups is 1. The van der Waals surface area contributed by atoms with E-state index < -0.39 is 0 Å². The van der Waals surface area contributed by atoms with Crippen LogP contribution in [0.1, 0.15) is 23.2 Å². The van der Waals surface area contributed by atoms with E-state index in [-0.39, 0.29) is 24.4 Å². The zero-order valence-corrected chi connectivity index (χ0v) is 12.9. The Morgan fingerprint density at radius 3 is 2.94 bits per heavy atom. The van der Waals surface area contributed by atoms with Crippen LogP contribution in [0.5, 0.6) is 0 Å². The molecule has 18 heavy (non-hydrogen) atoms. The zero-order chi connectivity index (χ0) is 12.3. The zero-order valence-electron chi connectivity index (χ0n) is 9.71. The lowest BCUT2D eigenvalue weighted by atomic mass is 10.1. The van der Waals surface area contributed by atoms with Crippen molar-refractivity contribution in [2.45, 2.75) is 18.9 Å². The van der Waals surface area contributed by atoms with Crippen molar-refractivity contribution in [2.24, 2.45) is 0 Å². The van der Waals surface area contributed by atoms with Crippen LogP contribution in [0.3, 0.4) is 0 Å². The highest BCUT2D eigenvalue weighted by Crippen LogP contribution is 2.21. The maximum atomic E-state index is 12.0. The Hall–Kier alpha value is -0.290. The number of rotatable bonds is 2. The maximum Gasteiger partial charge on any atom is 0.253 e. The summed E-state index contributed by atoms with van der Waals surface area (Å²) in [5.74, 6) is -0.106. The number of halogens is 3. The minimum absolute atomic E-state index is 0. The van der Waals surface area contributed by atoms with Crippen LogP contribution < -0.4 is 10.6 Å². The van der Waals surface area contributed by atoms with E-state index in [4.69, 9.17) is 11.6 Å². The second-order valence-electron chi connectivity index (χ2n) is 4.14. The molecule has 6 heteroatoms. The minimum Gasteiger partial charge on any atom is -0.348 e. The fourth-order valence-corrected chi connectivity index (χ4v) is 2.47. The number of hydrogen-bond acceptors (Lipinski definition) is 2. The van der Waals surface area contributed by atoms with Gasteiger partial charge >= 0.3 is 0 Å². The summed E-state index contributed by atoms with van der Waals surface area (Å²) in [6, 6.07) is 5.49. The van der Waals surface area contributed by atoms with E-state index in [9.17, 15) is 4.79 Å². The summed E-state index contributed by atoms with van der Waals surface area (Å²) < 4.78 is 0.855. The van der Waals surface area contributed by atoms with Crippen LogP contribution in [0, 0.1) is 0 Å². The molecule has 100 valence electrons. The molecular weight excluding hydrogens is 339 g/mol. The third-order valence-electron chi connectivity index (χ3n) is 2.81. The standard InChI is InChI=1S/C12H14BrClN2O.ClH/c13-8-3-4-11(14)10(6-8)12(17)16-9-2-1-5-15-7-9;/h3-4,6,9,15H,1-2,5,7H2,(H,16,17);1H/t9-;/m1./s1. The number of benzene rings is 1. The van der Waals surface area contributed by atoms with Crippen molar-refractivity contribution >= 4 is 45.8 Å². The summed E-state index contributed by atoms with van der Waals surface area (Å²) in [4.78, 5) is 12.0. The molecule has 0 spiro atoms. The third kappa shape index (κ3) is 4.12. The molecule has 0 aromatic heterocycles. The monoisotopic (exact) mass is 352 g/mol. The van der Waals surface area contributed by atoms with Crippen LogP contribution in [0.15, 0.2) is 22.7 Å². The first-order chi connectivity index (χ1) is 8.16. The Morgan fingerprint density at radius 1 is 1.50 bits per heavy atom. The van der Waals surface area contributed by atoms with Crippen molar-refractivity contribution in [3.63, 3.8) is 0 Å². The van der Waals surface area contributed by atoms with E-state index >= 15 is 0 Å². The Morgan fingerprint density at radius 2 is 2.28 bits per heavy atom. The summed E-state index contributed by atoms with van der Waals surface area (Å²) in [6.45, 7) is 1.86. The lowest BCUT2D eigenvalue weighted by molar-refractivity contribution is 0.0931. The number of amides is 1. The molecule has 1 fully saturated rings. The molecule has 0 radical (unpaired) electrons. The second kappa shape index (κ2) is 7.34. The molecule has 0 unspecified atom stereocenters. The fourth-order valence-electron chi connectivity index (χ4n) is 1.91. The summed E-state index contributed by atoms with van der Waals surface area (Å²) in [6.07, 6.45) is 2.11. The van der Waals surface area contributed by atoms with E-state index in [1.165, 1.54) is 0 Å². The molecule has 1 atom stereocenters. The lowest BCUT2D eigenvalue weighted by Gasteiger charge is -2.24. The first-order valence-corrected chi connectivity index (χ1v) is 6.80. The number of piperidine rings is 1. The van der Waals surface area contributed by atoms with Crippen LogP contribution in [0.25, 0.3) is 0 Å². The molecule has 0 aliphatic carbocycles. The first-order valence-electron chi connectivity index (χ1n) is 5.63. The molecule has 0 saturated carbocycles. The van der Waals surface area contributed by atoms with Gasteiger partial charge in [0, 0.05) is 17.1 Å². The highest BCUT2D eigenvalue weighted by molar-refractivity contribution is 9.10. The first kappa shape index (κ1) is 15.8. The van der Waals surface area contributed by atoms with Crippen LogP contribution >= 0.6 is 39.9 Å².